The van der Waals surface area contributed by atoms with Crippen LogP contribution in [0.25, 0.3) is 0 Å². The Morgan fingerprint density at radius 2 is 1.62 bits per heavy atom. The molecule has 2 aromatic rings. The Kier molecular flexibility index (Phi) is 8.14. The van der Waals surface area contributed by atoms with Crippen molar-refractivity contribution in [3.05, 3.63) is 84.4 Å². The molecule has 2 rings (SSSR count). The lowest BCUT2D eigenvalue weighted by Crippen LogP contribution is -2.24. The summed E-state index contributed by atoms with van der Waals surface area (Å²) in [6.07, 6.45) is 7.42. The molecule has 0 aliphatic rings. The van der Waals surface area contributed by atoms with Crippen LogP contribution in [0, 0.1) is 5.41 Å². The molecule has 0 N–H and O–H groups in total. The first-order valence-electron chi connectivity index (χ1n) is 9.54. The van der Waals surface area contributed by atoms with Crippen molar-refractivity contribution in [1.29, 1.82) is 0 Å². The fourth-order valence-corrected chi connectivity index (χ4v) is 3.22. The van der Waals surface area contributed by atoms with Crippen molar-refractivity contribution in [2.45, 2.75) is 52.1 Å². The zero-order valence-corrected chi connectivity index (χ0v) is 15.8. The van der Waals surface area contributed by atoms with Crippen molar-refractivity contribution in [3.8, 4) is 0 Å². The molecule has 2 heteroatoms. The van der Waals surface area contributed by atoms with Crippen LogP contribution in [0.3, 0.4) is 0 Å². The lowest BCUT2D eigenvalue weighted by atomic mass is 9.75. The number of allylic oxidation sites excluding steroid dienone is 1. The molecule has 0 unspecified atom stereocenters. The fraction of sp³-hybridized carbons (Fsp3) is 0.375. The number of benzene rings is 2. The van der Waals surface area contributed by atoms with Gasteiger partial charge in [-0.25, -0.2) is 0 Å². The van der Waals surface area contributed by atoms with Crippen LogP contribution in [0.15, 0.2) is 73.3 Å². The van der Waals surface area contributed by atoms with Crippen LogP contribution in [0.5, 0.6) is 0 Å². The minimum absolute atomic E-state index is 0.141. The van der Waals surface area contributed by atoms with E-state index in [0.29, 0.717) is 13.0 Å². The van der Waals surface area contributed by atoms with Crippen molar-refractivity contribution in [3.63, 3.8) is 0 Å². The Bertz CT molecular complexity index is 663. The molecule has 1 atom stereocenters. The number of carbonyl (C=O) groups excluding carboxylic acids is 1. The van der Waals surface area contributed by atoms with E-state index in [0.717, 1.165) is 37.7 Å². The van der Waals surface area contributed by atoms with E-state index in [1.165, 1.54) is 5.56 Å². The summed E-state index contributed by atoms with van der Waals surface area (Å²) in [6.45, 7) is 6.57. The van der Waals surface area contributed by atoms with Gasteiger partial charge in [0.2, 0.25) is 0 Å². The molecule has 0 fully saturated rings. The van der Waals surface area contributed by atoms with Gasteiger partial charge in [-0.05, 0) is 35.8 Å². The van der Waals surface area contributed by atoms with Gasteiger partial charge >= 0.3 is 5.97 Å². The molecule has 0 amide bonds. The van der Waals surface area contributed by atoms with Crippen LogP contribution in [0.4, 0.5) is 0 Å². The molecule has 0 spiro atoms. The second-order valence-electron chi connectivity index (χ2n) is 6.98. The SMILES string of the molecule is C=C[C@@](CCCC)(CCc1ccccc1)CC(=O)OCc1ccccc1. The van der Waals surface area contributed by atoms with Gasteiger partial charge in [0.1, 0.15) is 6.61 Å². The predicted molar refractivity (Wildman–Crippen MR) is 108 cm³/mol. The third-order valence-electron chi connectivity index (χ3n) is 4.95. The third-order valence-corrected chi connectivity index (χ3v) is 4.95. The van der Waals surface area contributed by atoms with E-state index >= 15 is 0 Å². The molecule has 0 aromatic heterocycles. The highest BCUT2D eigenvalue weighted by atomic mass is 16.5. The fourth-order valence-electron chi connectivity index (χ4n) is 3.22. The molecular weight excluding hydrogens is 320 g/mol. The molecule has 138 valence electrons. The lowest BCUT2D eigenvalue weighted by Gasteiger charge is -2.30. The second kappa shape index (κ2) is 10.6. The van der Waals surface area contributed by atoms with E-state index in [-0.39, 0.29) is 11.4 Å². The predicted octanol–water partition coefficient (Wildman–Crippen LogP) is 6.12. The molecule has 0 saturated carbocycles. The van der Waals surface area contributed by atoms with Crippen molar-refractivity contribution in [2.24, 2.45) is 5.41 Å². The summed E-state index contributed by atoms with van der Waals surface area (Å²) in [4.78, 5) is 12.5. The van der Waals surface area contributed by atoms with Crippen LogP contribution in [-0.4, -0.2) is 5.97 Å². The number of carbonyl (C=O) groups is 1. The number of esters is 1. The van der Waals surface area contributed by atoms with Gasteiger partial charge < -0.3 is 4.74 Å². The van der Waals surface area contributed by atoms with Crippen molar-refractivity contribution >= 4 is 5.97 Å². The molecule has 26 heavy (non-hydrogen) atoms. The number of rotatable bonds is 11. The van der Waals surface area contributed by atoms with Gasteiger partial charge in [0, 0.05) is 0 Å². The summed E-state index contributed by atoms with van der Waals surface area (Å²) in [5, 5.41) is 0. The van der Waals surface area contributed by atoms with Crippen molar-refractivity contribution in [2.75, 3.05) is 0 Å². The first kappa shape index (κ1) is 20.0. The summed E-state index contributed by atoms with van der Waals surface area (Å²) >= 11 is 0. The minimum atomic E-state index is -0.195. The molecular formula is C24H30O2. The Morgan fingerprint density at radius 1 is 1.00 bits per heavy atom. The van der Waals surface area contributed by atoms with Gasteiger partial charge in [-0.2, -0.15) is 0 Å². The summed E-state index contributed by atoms with van der Waals surface area (Å²) < 4.78 is 5.53. The zero-order valence-electron chi connectivity index (χ0n) is 15.8. The van der Waals surface area contributed by atoms with E-state index in [1.54, 1.807) is 0 Å². The van der Waals surface area contributed by atoms with Crippen LogP contribution < -0.4 is 0 Å². The van der Waals surface area contributed by atoms with Crippen LogP contribution >= 0.6 is 0 Å². The van der Waals surface area contributed by atoms with Gasteiger partial charge in [0.05, 0.1) is 6.42 Å². The average Bonchev–Trinajstić information content (AvgIpc) is 2.70. The monoisotopic (exact) mass is 350 g/mol. The summed E-state index contributed by atoms with van der Waals surface area (Å²) in [5.74, 6) is -0.141. The first-order valence-corrected chi connectivity index (χ1v) is 9.54. The smallest absolute Gasteiger partial charge is 0.307 e. The van der Waals surface area contributed by atoms with E-state index in [4.69, 9.17) is 4.74 Å². The highest BCUT2D eigenvalue weighted by Gasteiger charge is 2.29. The highest BCUT2D eigenvalue weighted by Crippen LogP contribution is 2.36. The van der Waals surface area contributed by atoms with Crippen LogP contribution in [-0.2, 0) is 22.6 Å². The van der Waals surface area contributed by atoms with Gasteiger partial charge in [-0.3, -0.25) is 4.79 Å². The average molecular weight is 351 g/mol. The largest absolute Gasteiger partial charge is 0.461 e. The molecule has 0 aliphatic carbocycles. The molecule has 2 nitrogen and oxygen atoms in total. The quantitative estimate of drug-likeness (QED) is 0.361. The van der Waals surface area contributed by atoms with Gasteiger partial charge in [0.25, 0.3) is 0 Å². The van der Waals surface area contributed by atoms with Crippen molar-refractivity contribution in [1.82, 2.24) is 0 Å². The Morgan fingerprint density at radius 3 is 2.19 bits per heavy atom. The van der Waals surface area contributed by atoms with Crippen LogP contribution in [0.1, 0.15) is 50.2 Å². The van der Waals surface area contributed by atoms with Gasteiger partial charge in [-0.15, -0.1) is 6.58 Å². The number of hydrogen-bond acceptors (Lipinski definition) is 2. The maximum atomic E-state index is 12.5. The second-order valence-corrected chi connectivity index (χ2v) is 6.98. The number of ether oxygens (including phenoxy) is 1. The minimum Gasteiger partial charge on any atom is -0.461 e. The number of unbranched alkanes of at least 4 members (excludes halogenated alkanes) is 1. The molecule has 2 aromatic carbocycles. The van der Waals surface area contributed by atoms with E-state index in [2.05, 4.69) is 37.8 Å². The lowest BCUT2D eigenvalue weighted by molar-refractivity contribution is -0.147. The van der Waals surface area contributed by atoms with Gasteiger partial charge in [-0.1, -0.05) is 86.5 Å². The summed E-state index contributed by atoms with van der Waals surface area (Å²) in [6, 6.07) is 20.3. The highest BCUT2D eigenvalue weighted by molar-refractivity contribution is 5.70. The Hall–Kier alpha value is -2.35. The molecule has 0 radical (unpaired) electrons. The maximum Gasteiger partial charge on any atom is 0.307 e. The number of hydrogen-bond donors (Lipinski definition) is 0. The summed E-state index contributed by atoms with van der Waals surface area (Å²) in [7, 11) is 0. The standard InChI is InChI=1S/C24H30O2/c1-3-5-17-24(4-2,18-16-21-12-8-6-9-13-21)19-23(25)26-20-22-14-10-7-11-15-22/h4,6-15H,2-3,5,16-20H2,1H3/t24-/m1/s1. The molecule has 0 heterocycles. The number of aryl methyl sites for hydroxylation is 1. The Balaban J connectivity index is 1.97. The van der Waals surface area contributed by atoms with Crippen molar-refractivity contribution < 1.29 is 9.53 Å². The van der Waals surface area contributed by atoms with E-state index < -0.39 is 0 Å². The zero-order chi connectivity index (χ0) is 18.7. The Labute approximate surface area is 157 Å². The van der Waals surface area contributed by atoms with E-state index in [1.807, 2.05) is 42.5 Å². The summed E-state index contributed by atoms with van der Waals surface area (Å²) in [5.41, 5.74) is 2.12. The maximum absolute atomic E-state index is 12.5. The first-order chi connectivity index (χ1) is 12.7. The van der Waals surface area contributed by atoms with E-state index in [9.17, 15) is 4.79 Å². The van der Waals surface area contributed by atoms with Crippen LogP contribution in [0.2, 0.25) is 0 Å². The molecule has 0 saturated heterocycles. The normalized spacial score (nSPS) is 13.0. The molecule has 0 bridgehead atoms. The third kappa shape index (κ3) is 6.51. The molecule has 0 aliphatic heterocycles. The van der Waals surface area contributed by atoms with Gasteiger partial charge in [0.15, 0.2) is 0 Å². The topological polar surface area (TPSA) is 26.3 Å².